The Kier molecular flexibility index (Phi) is 4.53. The average molecular weight is 381 g/mol. The van der Waals surface area contributed by atoms with Crippen LogP contribution in [0.25, 0.3) is 11.3 Å². The molecule has 0 bridgehead atoms. The minimum atomic E-state index is -0.422. The number of nitrogens with one attached hydrogen (secondary N) is 1. The third-order valence-corrected chi connectivity index (χ3v) is 6.22. The van der Waals surface area contributed by atoms with Gasteiger partial charge in [-0.25, -0.2) is 5.43 Å². The van der Waals surface area contributed by atoms with E-state index >= 15 is 0 Å². The van der Waals surface area contributed by atoms with Crippen LogP contribution in [0.15, 0.2) is 39.9 Å². The first kappa shape index (κ1) is 18.4. The van der Waals surface area contributed by atoms with Crippen molar-refractivity contribution in [2.75, 3.05) is 0 Å². The van der Waals surface area contributed by atoms with Gasteiger partial charge in [0.2, 0.25) is 5.91 Å². The summed E-state index contributed by atoms with van der Waals surface area (Å²) in [4.78, 5) is 23.3. The lowest BCUT2D eigenvalue weighted by atomic mass is 9.90. The van der Waals surface area contributed by atoms with E-state index in [1.807, 2.05) is 0 Å². The summed E-state index contributed by atoms with van der Waals surface area (Å²) in [7, 11) is 0. The van der Waals surface area contributed by atoms with E-state index in [2.05, 4.69) is 17.5 Å². The first-order chi connectivity index (χ1) is 13.4. The minimum absolute atomic E-state index is 0.00396. The molecule has 2 saturated carbocycles. The Morgan fingerprint density at radius 2 is 2.18 bits per heavy atom. The molecule has 3 atom stereocenters. The molecule has 146 valence electrons. The number of nitro benzene ring substituents is 1. The van der Waals surface area contributed by atoms with Gasteiger partial charge in [0.05, 0.1) is 16.7 Å². The van der Waals surface area contributed by atoms with E-state index in [4.69, 9.17) is 4.42 Å². The van der Waals surface area contributed by atoms with Crippen molar-refractivity contribution in [3.05, 3.63) is 51.8 Å². The number of hydrogen-bond acceptors (Lipinski definition) is 5. The number of rotatable bonds is 5. The van der Waals surface area contributed by atoms with E-state index in [0.717, 1.165) is 18.4 Å². The second-order valence-corrected chi connectivity index (χ2v) is 8.05. The van der Waals surface area contributed by atoms with Crippen LogP contribution in [0.2, 0.25) is 0 Å². The highest BCUT2D eigenvalue weighted by Crippen LogP contribution is 2.66. The molecular formula is C21H23N3O4. The van der Waals surface area contributed by atoms with Crippen molar-refractivity contribution >= 4 is 17.8 Å². The topological polar surface area (TPSA) is 97.7 Å². The summed E-state index contributed by atoms with van der Waals surface area (Å²) >= 11 is 0. The van der Waals surface area contributed by atoms with Gasteiger partial charge in [-0.15, -0.1) is 0 Å². The maximum absolute atomic E-state index is 12.4. The Morgan fingerprint density at radius 1 is 1.36 bits per heavy atom. The molecule has 1 aromatic carbocycles. The largest absolute Gasteiger partial charge is 0.455 e. The quantitative estimate of drug-likeness (QED) is 0.470. The van der Waals surface area contributed by atoms with Gasteiger partial charge in [0, 0.05) is 12.0 Å². The van der Waals surface area contributed by atoms with Crippen molar-refractivity contribution in [2.24, 2.45) is 22.4 Å². The lowest BCUT2D eigenvalue weighted by Crippen LogP contribution is -2.22. The van der Waals surface area contributed by atoms with Crippen molar-refractivity contribution < 1.29 is 14.1 Å². The van der Waals surface area contributed by atoms with Crippen LogP contribution in [0.4, 0.5) is 5.69 Å². The zero-order valence-corrected chi connectivity index (χ0v) is 16.0. The van der Waals surface area contributed by atoms with Crippen molar-refractivity contribution in [3.63, 3.8) is 0 Å². The molecule has 28 heavy (non-hydrogen) atoms. The number of fused-ring (bicyclic) bond motifs is 1. The van der Waals surface area contributed by atoms with E-state index in [0.29, 0.717) is 23.0 Å². The van der Waals surface area contributed by atoms with Gasteiger partial charge in [-0.3, -0.25) is 14.9 Å². The molecule has 7 nitrogen and oxygen atoms in total. The van der Waals surface area contributed by atoms with Crippen LogP contribution < -0.4 is 5.43 Å². The fraction of sp³-hybridized carbons (Fsp3) is 0.429. The fourth-order valence-electron chi connectivity index (χ4n) is 4.65. The lowest BCUT2D eigenvalue weighted by Gasteiger charge is -2.15. The highest BCUT2D eigenvalue weighted by Gasteiger charge is 2.64. The van der Waals surface area contributed by atoms with Gasteiger partial charge >= 0.3 is 0 Å². The van der Waals surface area contributed by atoms with E-state index in [1.54, 1.807) is 31.2 Å². The molecule has 1 amide bonds. The Labute approximate surface area is 163 Å². The van der Waals surface area contributed by atoms with Crippen molar-refractivity contribution in [1.29, 1.82) is 0 Å². The number of nitrogens with zero attached hydrogens (tertiary/aromatic N) is 2. The summed E-state index contributed by atoms with van der Waals surface area (Å²) in [5.74, 6) is 1.31. The van der Waals surface area contributed by atoms with Crippen LogP contribution in [-0.4, -0.2) is 17.0 Å². The van der Waals surface area contributed by atoms with Crippen LogP contribution in [0.3, 0.4) is 0 Å². The molecule has 2 aromatic rings. The average Bonchev–Trinajstić information content (AvgIpc) is 3.02. The number of benzene rings is 1. The molecule has 7 heteroatoms. The maximum Gasteiger partial charge on any atom is 0.280 e. The smallest absolute Gasteiger partial charge is 0.280 e. The zero-order valence-electron chi connectivity index (χ0n) is 16.0. The number of carbonyl (C=O) groups is 1. The van der Waals surface area contributed by atoms with Gasteiger partial charge in [-0.1, -0.05) is 25.8 Å². The molecule has 4 rings (SSSR count). The molecule has 2 aliphatic carbocycles. The Bertz CT molecular complexity index is 964. The van der Waals surface area contributed by atoms with Crippen LogP contribution in [0, 0.1) is 34.3 Å². The molecule has 2 fully saturated rings. The summed E-state index contributed by atoms with van der Waals surface area (Å²) in [6, 6.07) is 8.32. The normalized spacial score (nSPS) is 26.1. The lowest BCUT2D eigenvalue weighted by molar-refractivity contribution is -0.384. The van der Waals surface area contributed by atoms with Crippen molar-refractivity contribution in [3.8, 4) is 11.3 Å². The standard InChI is InChI=1S/C21H23N3O4/c1-13-6-8-15(17(11-13)24(26)27)18-9-7-14(28-18)12-22-23-20(25)19-16-5-3-4-10-21(16,19)2/h6-9,11-12,16,19H,3-5,10H2,1-2H3,(H,23,25)/b22-12+/t16-,19-,21-/m0/s1. The summed E-state index contributed by atoms with van der Waals surface area (Å²) in [5.41, 5.74) is 3.98. The Hall–Kier alpha value is -2.96. The first-order valence-corrected chi connectivity index (χ1v) is 9.58. The molecule has 0 saturated heterocycles. The van der Waals surface area contributed by atoms with Crippen LogP contribution in [0.5, 0.6) is 0 Å². The van der Waals surface area contributed by atoms with Gasteiger partial charge in [0.15, 0.2) is 0 Å². The van der Waals surface area contributed by atoms with Gasteiger partial charge in [0.1, 0.15) is 11.5 Å². The number of nitro groups is 1. The number of hydrazone groups is 1. The summed E-state index contributed by atoms with van der Waals surface area (Å²) in [6.07, 6.45) is 6.05. The number of furan rings is 1. The third kappa shape index (κ3) is 3.21. The van der Waals surface area contributed by atoms with Crippen molar-refractivity contribution in [1.82, 2.24) is 5.43 Å². The number of aryl methyl sites for hydroxylation is 1. The highest BCUT2D eigenvalue weighted by molar-refractivity contribution is 5.85. The maximum atomic E-state index is 12.4. The Morgan fingerprint density at radius 3 is 2.89 bits per heavy atom. The number of carbonyl (C=O) groups excluding carboxylic acids is 1. The Balaban J connectivity index is 1.43. The summed E-state index contributed by atoms with van der Waals surface area (Å²) in [6.45, 7) is 3.99. The van der Waals surface area contributed by atoms with E-state index in [-0.39, 0.29) is 22.9 Å². The predicted molar refractivity (Wildman–Crippen MR) is 105 cm³/mol. The monoisotopic (exact) mass is 381 g/mol. The van der Waals surface area contributed by atoms with E-state index < -0.39 is 4.92 Å². The van der Waals surface area contributed by atoms with Gasteiger partial charge in [-0.2, -0.15) is 5.10 Å². The fourth-order valence-corrected chi connectivity index (χ4v) is 4.65. The molecule has 0 unspecified atom stereocenters. The van der Waals surface area contributed by atoms with Crippen molar-refractivity contribution in [2.45, 2.75) is 39.5 Å². The predicted octanol–water partition coefficient (Wildman–Crippen LogP) is 4.44. The molecule has 0 radical (unpaired) electrons. The molecule has 1 heterocycles. The molecule has 0 spiro atoms. The zero-order chi connectivity index (χ0) is 19.9. The van der Waals surface area contributed by atoms with Gasteiger partial charge in [0.25, 0.3) is 5.69 Å². The van der Waals surface area contributed by atoms with Gasteiger partial charge < -0.3 is 4.42 Å². The van der Waals surface area contributed by atoms with E-state index in [9.17, 15) is 14.9 Å². The minimum Gasteiger partial charge on any atom is -0.455 e. The molecule has 1 N–H and O–H groups in total. The number of amides is 1. The van der Waals surface area contributed by atoms with Crippen LogP contribution in [0.1, 0.15) is 43.9 Å². The number of hydrogen-bond donors (Lipinski definition) is 1. The first-order valence-electron chi connectivity index (χ1n) is 9.58. The molecular weight excluding hydrogens is 358 g/mol. The van der Waals surface area contributed by atoms with E-state index in [1.165, 1.54) is 25.1 Å². The SMILES string of the molecule is Cc1ccc(-c2ccc(/C=N/NC(=O)[C@@H]3[C@@H]4CCCC[C@]34C)o2)c([N+](=O)[O-])c1. The highest BCUT2D eigenvalue weighted by atomic mass is 16.6. The van der Waals surface area contributed by atoms with Gasteiger partial charge in [-0.05, 0) is 54.9 Å². The van der Waals surface area contributed by atoms with Crippen LogP contribution >= 0.6 is 0 Å². The second-order valence-electron chi connectivity index (χ2n) is 8.05. The molecule has 2 aliphatic rings. The molecule has 1 aromatic heterocycles. The molecule has 0 aliphatic heterocycles. The summed E-state index contributed by atoms with van der Waals surface area (Å²) < 4.78 is 5.67. The summed E-state index contributed by atoms with van der Waals surface area (Å²) in [5, 5.41) is 15.3. The third-order valence-electron chi connectivity index (χ3n) is 6.22. The second kappa shape index (κ2) is 6.89. The van der Waals surface area contributed by atoms with Crippen LogP contribution in [-0.2, 0) is 4.79 Å².